The van der Waals surface area contributed by atoms with Crippen molar-refractivity contribution in [2.24, 2.45) is 0 Å². The molecule has 0 aliphatic rings. The van der Waals surface area contributed by atoms with E-state index >= 15 is 0 Å². The minimum Gasteiger partial charge on any atom is -0.0616 e. The molecule has 0 spiro atoms. The zero-order valence-electron chi connectivity index (χ0n) is 20.0. The molecule has 0 aliphatic carbocycles. The zero-order valence-corrected chi connectivity index (χ0v) is 10.0. The number of benzene rings is 3. The van der Waals surface area contributed by atoms with E-state index in [1.807, 2.05) is 0 Å². The van der Waals surface area contributed by atoms with Crippen LogP contribution in [0.5, 0.6) is 0 Å². The zero-order chi connectivity index (χ0) is 21.2. The SMILES string of the molecule is [2H]c1c([2H])c(-c2c([2H])c([2H])c(C)c3c([2H])c([2H])c([2H])c([2H])c23)c([2H])c([2H])c1C. The maximum atomic E-state index is 8.41. The van der Waals surface area contributed by atoms with Crippen molar-refractivity contribution in [3.05, 3.63) is 71.6 Å². The molecule has 0 unspecified atom stereocenters. The Labute approximate surface area is 122 Å². The Morgan fingerprint density at radius 3 is 2.11 bits per heavy atom. The van der Waals surface area contributed by atoms with Gasteiger partial charge in [0.15, 0.2) is 0 Å². The summed E-state index contributed by atoms with van der Waals surface area (Å²) in [5.41, 5.74) is -0.100. The Morgan fingerprint density at radius 1 is 0.722 bits per heavy atom. The molecular formula is C18H16. The molecule has 0 atom stereocenters. The third-order valence-corrected chi connectivity index (χ3v) is 2.69. The Balaban J connectivity index is 2.73. The van der Waals surface area contributed by atoms with E-state index in [1.165, 1.54) is 13.8 Å². The molecule has 3 rings (SSSR count). The highest BCUT2D eigenvalue weighted by Gasteiger charge is 2.04. The van der Waals surface area contributed by atoms with Gasteiger partial charge in [-0.05, 0) is 41.3 Å². The van der Waals surface area contributed by atoms with Gasteiger partial charge in [-0.2, -0.15) is 0 Å². The number of aryl methyl sites for hydroxylation is 1. The van der Waals surface area contributed by atoms with Crippen LogP contribution >= 0.6 is 0 Å². The maximum Gasteiger partial charge on any atom is 0.0630 e. The fourth-order valence-electron chi connectivity index (χ4n) is 1.75. The lowest BCUT2D eigenvalue weighted by Crippen LogP contribution is -1.84. The van der Waals surface area contributed by atoms with Crippen LogP contribution in [0.15, 0.2) is 60.4 Å². The Hall–Kier alpha value is -2.08. The van der Waals surface area contributed by atoms with Crippen molar-refractivity contribution in [1.29, 1.82) is 0 Å². The van der Waals surface area contributed by atoms with Gasteiger partial charge in [-0.1, -0.05) is 66.0 Å². The van der Waals surface area contributed by atoms with Gasteiger partial charge in [-0.15, -0.1) is 0 Å². The smallest absolute Gasteiger partial charge is 0.0616 e. The molecule has 3 aromatic carbocycles. The molecule has 18 heavy (non-hydrogen) atoms. The van der Waals surface area contributed by atoms with E-state index in [-0.39, 0.29) is 57.2 Å². The maximum absolute atomic E-state index is 8.41. The molecule has 0 bridgehead atoms. The average molecular weight is 242 g/mol. The molecule has 0 saturated carbocycles. The van der Waals surface area contributed by atoms with E-state index in [2.05, 4.69) is 0 Å². The van der Waals surface area contributed by atoms with Gasteiger partial charge in [0, 0.05) is 0 Å². The van der Waals surface area contributed by atoms with Crippen LogP contribution in [0.25, 0.3) is 21.9 Å². The minimum absolute atomic E-state index is 0.0411. The van der Waals surface area contributed by atoms with Crippen molar-refractivity contribution >= 4 is 10.8 Å². The lowest BCUT2D eigenvalue weighted by molar-refractivity contribution is 1.47. The molecular weight excluding hydrogens is 216 g/mol. The second-order valence-corrected chi connectivity index (χ2v) is 4.00. The van der Waals surface area contributed by atoms with E-state index in [1.54, 1.807) is 0 Å². The second kappa shape index (κ2) is 4.30. The lowest BCUT2D eigenvalue weighted by atomic mass is 9.95. The van der Waals surface area contributed by atoms with Crippen LogP contribution in [0.2, 0.25) is 0 Å². The number of rotatable bonds is 1. The average Bonchev–Trinajstić information content (AvgIpc) is 2.67. The molecule has 3 aromatic rings. The quantitative estimate of drug-likeness (QED) is 0.555. The fraction of sp³-hybridized carbons (Fsp3) is 0.111. The molecule has 0 radical (unpaired) electrons. The minimum atomic E-state index is -0.530. The van der Waals surface area contributed by atoms with E-state index in [0.29, 0.717) is 0 Å². The normalized spacial score (nSPS) is 18.6. The molecule has 0 N–H and O–H groups in total. The number of fused-ring (bicyclic) bond motifs is 1. The van der Waals surface area contributed by atoms with Crippen LogP contribution in [0.3, 0.4) is 0 Å². The Bertz CT molecular complexity index is 1140. The second-order valence-electron chi connectivity index (χ2n) is 4.00. The highest BCUT2D eigenvalue weighted by molar-refractivity contribution is 5.98. The van der Waals surface area contributed by atoms with Gasteiger partial charge in [-0.3, -0.25) is 0 Å². The summed E-state index contributed by atoms with van der Waals surface area (Å²) in [5, 5.41) is -0.0337. The van der Waals surface area contributed by atoms with Crippen molar-refractivity contribution < 1.29 is 13.7 Å². The van der Waals surface area contributed by atoms with E-state index in [4.69, 9.17) is 13.7 Å². The summed E-state index contributed by atoms with van der Waals surface area (Å²) in [7, 11) is 0. The molecule has 0 aromatic heterocycles. The Morgan fingerprint density at radius 2 is 1.39 bits per heavy atom. The molecule has 0 heterocycles. The topological polar surface area (TPSA) is 0 Å². The van der Waals surface area contributed by atoms with Crippen molar-refractivity contribution in [1.82, 2.24) is 0 Å². The first-order chi connectivity index (χ1) is 12.9. The first-order valence-corrected chi connectivity index (χ1v) is 5.50. The van der Waals surface area contributed by atoms with Gasteiger partial charge in [0.1, 0.15) is 0 Å². The van der Waals surface area contributed by atoms with Crippen molar-refractivity contribution in [2.75, 3.05) is 0 Å². The summed E-state index contributed by atoms with van der Waals surface area (Å²) < 4.78 is 81.8. The van der Waals surface area contributed by atoms with Crippen LogP contribution in [-0.4, -0.2) is 0 Å². The molecule has 0 heteroatoms. The summed E-state index contributed by atoms with van der Waals surface area (Å²) >= 11 is 0. The van der Waals surface area contributed by atoms with Crippen molar-refractivity contribution in [3.63, 3.8) is 0 Å². The first-order valence-electron chi connectivity index (χ1n) is 10.5. The van der Waals surface area contributed by atoms with Crippen LogP contribution < -0.4 is 0 Å². The first kappa shape index (κ1) is 4.55. The highest BCUT2D eigenvalue weighted by Crippen LogP contribution is 2.30. The van der Waals surface area contributed by atoms with Crippen LogP contribution in [0, 0.1) is 13.8 Å². The van der Waals surface area contributed by atoms with E-state index in [9.17, 15) is 0 Å². The summed E-state index contributed by atoms with van der Waals surface area (Å²) in [5.74, 6) is 0. The molecule has 0 saturated heterocycles. The third kappa shape index (κ3) is 1.80. The Kier molecular flexibility index (Phi) is 1.09. The summed E-state index contributed by atoms with van der Waals surface area (Å²) in [6, 6.07) is -3.93. The summed E-state index contributed by atoms with van der Waals surface area (Å²) in [6.07, 6.45) is 0. The molecule has 0 aliphatic heterocycles. The van der Waals surface area contributed by atoms with Crippen molar-refractivity contribution in [3.8, 4) is 11.1 Å². The lowest BCUT2D eigenvalue weighted by Gasteiger charge is -2.09. The largest absolute Gasteiger partial charge is 0.0630 e. The predicted octanol–water partition coefficient (Wildman–Crippen LogP) is 5.12. The van der Waals surface area contributed by atoms with Crippen molar-refractivity contribution in [2.45, 2.75) is 13.8 Å². The van der Waals surface area contributed by atoms with Crippen LogP contribution in [0.1, 0.15) is 24.8 Å². The van der Waals surface area contributed by atoms with Gasteiger partial charge in [0.05, 0.1) is 13.7 Å². The summed E-state index contributed by atoms with van der Waals surface area (Å²) in [4.78, 5) is 0. The number of hydrogen-bond donors (Lipinski definition) is 0. The van der Waals surface area contributed by atoms with Gasteiger partial charge < -0.3 is 0 Å². The molecule has 0 fully saturated rings. The van der Waals surface area contributed by atoms with E-state index < -0.39 is 36.3 Å². The monoisotopic (exact) mass is 242 g/mol. The van der Waals surface area contributed by atoms with Gasteiger partial charge >= 0.3 is 0 Å². The van der Waals surface area contributed by atoms with Crippen LogP contribution in [0.4, 0.5) is 0 Å². The molecule has 0 nitrogen and oxygen atoms in total. The van der Waals surface area contributed by atoms with E-state index in [0.717, 1.165) is 0 Å². The van der Waals surface area contributed by atoms with Gasteiger partial charge in [0.25, 0.3) is 0 Å². The summed E-state index contributed by atoms with van der Waals surface area (Å²) in [6.45, 7) is 2.93. The molecule has 88 valence electrons. The van der Waals surface area contributed by atoms with Crippen LogP contribution in [-0.2, 0) is 0 Å². The van der Waals surface area contributed by atoms with Gasteiger partial charge in [0.2, 0.25) is 0 Å². The highest BCUT2D eigenvalue weighted by atomic mass is 14.1. The standard InChI is InChI=1S/C18H16/c1-13-7-10-15(11-8-13)17-12-9-14(2)16-5-3-4-6-18(16)17/h3-12H,1-2H3/i3D,4D,5D,6D,7D,8D,9D,10D,11D,12D. The third-order valence-electron chi connectivity index (χ3n) is 2.69. The predicted molar refractivity (Wildman–Crippen MR) is 78.9 cm³/mol. The van der Waals surface area contributed by atoms with Gasteiger partial charge in [-0.25, -0.2) is 0 Å². The molecule has 0 amide bonds. The fourth-order valence-corrected chi connectivity index (χ4v) is 1.75. The number of hydrogen-bond acceptors (Lipinski definition) is 0.